The summed E-state index contributed by atoms with van der Waals surface area (Å²) in [5.74, 6) is 0.871. The number of para-hydroxylation sites is 1. The molecule has 2 unspecified atom stereocenters. The van der Waals surface area contributed by atoms with E-state index in [1.165, 1.54) is 45.2 Å². The molecule has 13 heteroatoms. The van der Waals surface area contributed by atoms with Crippen LogP contribution in [0.3, 0.4) is 0 Å². The predicted molar refractivity (Wildman–Crippen MR) is 223 cm³/mol. The summed E-state index contributed by atoms with van der Waals surface area (Å²) >= 11 is 1.58. The van der Waals surface area contributed by atoms with Gasteiger partial charge >= 0.3 is 5.97 Å². The van der Waals surface area contributed by atoms with Crippen molar-refractivity contribution in [3.8, 4) is 11.1 Å². The molecule has 4 atom stereocenters. The molecule has 4 aromatic heterocycles. The largest absolute Gasteiger partial charge is 0.476 e. The molecule has 4 aliphatic carbocycles. The molecule has 4 saturated carbocycles. The number of benzene rings is 1. The minimum atomic E-state index is -1.07. The fraction of sp³-hybridized carbons (Fsp3) is 0.545. The average molecular weight is 788 g/mol. The first kappa shape index (κ1) is 36.9. The van der Waals surface area contributed by atoms with Crippen LogP contribution in [0.1, 0.15) is 98.9 Å². The molecule has 1 saturated heterocycles. The number of aromatic carboxylic acids is 1. The molecule has 0 amide bonds. The van der Waals surface area contributed by atoms with Gasteiger partial charge in [-0.1, -0.05) is 37.3 Å². The number of pyridine rings is 1. The molecule has 5 fully saturated rings. The van der Waals surface area contributed by atoms with E-state index in [9.17, 15) is 9.90 Å². The summed E-state index contributed by atoms with van der Waals surface area (Å²) in [5.41, 5.74) is 5.91. The van der Waals surface area contributed by atoms with Crippen LogP contribution in [0, 0.1) is 30.1 Å². The van der Waals surface area contributed by atoms with E-state index in [4.69, 9.17) is 19.8 Å². The summed E-state index contributed by atoms with van der Waals surface area (Å²) in [4.78, 5) is 27.0. The molecule has 0 radical (unpaired) electrons. The van der Waals surface area contributed by atoms with E-state index in [1.807, 2.05) is 41.4 Å². The number of nitrogens with one attached hydrogen (secondary N) is 1. The Morgan fingerprint density at radius 1 is 0.912 bits per heavy atom. The number of aromatic nitrogens is 6. The maximum absolute atomic E-state index is 12.9. The highest BCUT2D eigenvalue weighted by Gasteiger charge is 2.66. The second-order valence-corrected chi connectivity index (χ2v) is 19.8. The normalized spacial score (nSPS) is 28.0. The van der Waals surface area contributed by atoms with E-state index in [-0.39, 0.29) is 27.5 Å². The van der Waals surface area contributed by atoms with Crippen molar-refractivity contribution in [3.63, 3.8) is 0 Å². The number of hydrogen-bond acceptors (Lipinski definition) is 11. The first-order chi connectivity index (χ1) is 27.4. The number of hydrogen-bond donors (Lipinski definition) is 2. The fourth-order valence-corrected chi connectivity index (χ4v) is 13.5. The van der Waals surface area contributed by atoms with Gasteiger partial charge in [-0.25, -0.2) is 14.8 Å². The van der Waals surface area contributed by atoms with Crippen molar-refractivity contribution in [2.75, 3.05) is 43.0 Å². The van der Waals surface area contributed by atoms with Crippen molar-refractivity contribution in [1.82, 2.24) is 34.8 Å². The van der Waals surface area contributed by atoms with Gasteiger partial charge in [-0.2, -0.15) is 5.10 Å². The smallest absolute Gasteiger partial charge is 0.355 e. The molecule has 57 heavy (non-hydrogen) atoms. The Balaban J connectivity index is 0.906. The molecular weight excluding hydrogens is 735 g/mol. The first-order valence-electron chi connectivity index (χ1n) is 20.8. The predicted octanol–water partition coefficient (Wildman–Crippen LogP) is 8.72. The van der Waals surface area contributed by atoms with Gasteiger partial charge < -0.3 is 25.0 Å². The maximum Gasteiger partial charge on any atom is 0.355 e. The number of nitrogens with zero attached hydrogens (tertiary/aromatic N) is 8. The van der Waals surface area contributed by atoms with E-state index < -0.39 is 5.97 Å². The van der Waals surface area contributed by atoms with E-state index in [0.29, 0.717) is 29.6 Å². The van der Waals surface area contributed by atoms with Gasteiger partial charge in [-0.05, 0) is 132 Å². The van der Waals surface area contributed by atoms with Gasteiger partial charge in [0.1, 0.15) is 5.82 Å². The van der Waals surface area contributed by atoms with Gasteiger partial charge in [-0.3, -0.25) is 4.68 Å². The average Bonchev–Trinajstić information content (AvgIpc) is 3.91. The van der Waals surface area contributed by atoms with Crippen LogP contribution in [0.5, 0.6) is 0 Å². The van der Waals surface area contributed by atoms with Gasteiger partial charge in [0.2, 0.25) is 0 Å². The van der Waals surface area contributed by atoms with E-state index in [1.54, 1.807) is 11.3 Å². The Bertz CT molecular complexity index is 2330. The molecule has 298 valence electrons. The van der Waals surface area contributed by atoms with Crippen molar-refractivity contribution >= 4 is 50.1 Å². The number of likely N-dealkylation sites (tertiary alicyclic amines) is 1. The molecule has 2 N–H and O–H groups in total. The Hall–Kier alpha value is -4.46. The molecule has 11 rings (SSSR count). The summed E-state index contributed by atoms with van der Waals surface area (Å²) < 4.78 is 10.3. The van der Waals surface area contributed by atoms with Crippen molar-refractivity contribution < 1.29 is 14.6 Å². The Kier molecular flexibility index (Phi) is 8.77. The molecule has 0 spiro atoms. The van der Waals surface area contributed by atoms with Crippen molar-refractivity contribution in [2.24, 2.45) is 16.2 Å². The lowest BCUT2D eigenvalue weighted by atomic mass is 9.39. The third-order valence-corrected chi connectivity index (χ3v) is 14.8. The summed E-state index contributed by atoms with van der Waals surface area (Å²) in [6, 6.07) is 11.9. The maximum atomic E-state index is 12.9. The third-order valence-electron chi connectivity index (χ3n) is 13.8. The zero-order chi connectivity index (χ0) is 39.2. The van der Waals surface area contributed by atoms with Gasteiger partial charge in [-0.15, -0.1) is 10.2 Å². The van der Waals surface area contributed by atoms with E-state index in [0.717, 1.165) is 89.5 Å². The van der Waals surface area contributed by atoms with Crippen molar-refractivity contribution in [2.45, 2.75) is 104 Å². The number of fused-ring (bicyclic) bond motifs is 2. The quantitative estimate of drug-likeness (QED) is 0.133. The van der Waals surface area contributed by atoms with E-state index >= 15 is 0 Å². The summed E-state index contributed by atoms with van der Waals surface area (Å²) in [6.07, 6.45) is 13.1. The van der Waals surface area contributed by atoms with Gasteiger partial charge in [0.05, 0.1) is 28.6 Å². The second-order valence-electron chi connectivity index (χ2n) is 18.8. The molecule has 6 heterocycles. The fourth-order valence-electron chi connectivity index (χ4n) is 12.7. The lowest BCUT2D eigenvalue weighted by molar-refractivity contribution is -0.248. The summed E-state index contributed by atoms with van der Waals surface area (Å²) in [7, 11) is 0. The van der Waals surface area contributed by atoms with Crippen LogP contribution in [0.15, 0.2) is 42.6 Å². The van der Waals surface area contributed by atoms with Gasteiger partial charge in [0.15, 0.2) is 22.5 Å². The van der Waals surface area contributed by atoms with Crippen LogP contribution < -0.4 is 10.2 Å². The number of carboxylic acids is 1. The highest BCUT2D eigenvalue weighted by molar-refractivity contribution is 7.22. The van der Waals surface area contributed by atoms with Gasteiger partial charge in [0.25, 0.3) is 0 Å². The minimum absolute atomic E-state index is 0.0151. The highest BCUT2D eigenvalue weighted by Crippen LogP contribution is 2.72. The highest BCUT2D eigenvalue weighted by atomic mass is 32.1. The zero-order valence-corrected chi connectivity index (χ0v) is 34.4. The molecule has 4 bridgehead atoms. The van der Waals surface area contributed by atoms with Gasteiger partial charge in [0, 0.05) is 47.6 Å². The monoisotopic (exact) mass is 787 g/mol. The second kappa shape index (κ2) is 13.6. The van der Waals surface area contributed by atoms with Crippen LogP contribution in [-0.2, 0) is 17.7 Å². The summed E-state index contributed by atoms with van der Waals surface area (Å²) in [6.45, 7) is 14.8. The van der Waals surface area contributed by atoms with Crippen molar-refractivity contribution in [3.05, 3.63) is 65.1 Å². The molecule has 12 nitrogen and oxygen atoms in total. The SMILES string of the molecule is Cc1c(Nc2nc3ccccc3s2)nnc2c1CCCN2c1ccc(-c2cnn(CC34CC5(OCCN6CCCC6)C[C@](C)(C3)C[C@](C)(C4)C5)c2C)c(C(=O)O)n1. The number of ether oxygens (including phenoxy) is 1. The first-order valence-corrected chi connectivity index (χ1v) is 21.6. The number of carbonyl (C=O) groups is 1. The Labute approximate surface area is 338 Å². The van der Waals surface area contributed by atoms with E-state index in [2.05, 4.69) is 58.9 Å². The molecule has 2 aliphatic heterocycles. The topological polar surface area (TPSA) is 134 Å². The Morgan fingerprint density at radius 2 is 1.70 bits per heavy atom. The summed E-state index contributed by atoms with van der Waals surface area (Å²) in [5, 5.41) is 29.0. The van der Waals surface area contributed by atoms with Crippen LogP contribution >= 0.6 is 11.3 Å². The van der Waals surface area contributed by atoms with Crippen LogP contribution in [-0.4, -0.2) is 84.3 Å². The number of thiazole rings is 1. The lowest BCUT2D eigenvalue weighted by Gasteiger charge is -2.69. The van der Waals surface area contributed by atoms with Crippen LogP contribution in [0.25, 0.3) is 21.3 Å². The molecule has 5 aromatic rings. The zero-order valence-electron chi connectivity index (χ0n) is 33.6. The number of carboxylic acid groups (broad SMARTS) is 1. The molecule has 6 aliphatic rings. The number of rotatable bonds is 11. The standard InChI is InChI=1S/C44H53N9O3S/c1-28-30-10-9-17-52(38(30)50-49-37(28)48-40-46-33-11-5-6-12-34(33)57-40)35-14-13-31(36(47-35)39(54)55)32-20-45-53(29(32)2)27-43-22-41(3)21-42(4,23-43)25-44(24-41,26-43)56-19-18-51-15-7-8-16-51/h5-6,11-14,20H,7-10,15-19,21-27H2,1-4H3,(H,54,55)(H,46,48,49)/t41-,42+,43?,44?. The third kappa shape index (κ3) is 6.59. The Morgan fingerprint density at radius 3 is 2.47 bits per heavy atom. The van der Waals surface area contributed by atoms with Crippen LogP contribution in [0.2, 0.25) is 0 Å². The van der Waals surface area contributed by atoms with Crippen LogP contribution in [0.4, 0.5) is 22.6 Å². The minimum Gasteiger partial charge on any atom is -0.476 e. The lowest BCUT2D eigenvalue weighted by Crippen LogP contribution is -2.64. The number of anilines is 4. The molecule has 1 aromatic carbocycles. The molecular formula is C44H53N9O3S. The van der Waals surface area contributed by atoms with Crippen molar-refractivity contribution in [1.29, 1.82) is 0 Å².